The molecule has 0 fully saturated rings. The summed E-state index contributed by atoms with van der Waals surface area (Å²) in [6, 6.07) is 0. The van der Waals surface area contributed by atoms with Crippen molar-refractivity contribution < 1.29 is 29.6 Å². The summed E-state index contributed by atoms with van der Waals surface area (Å²) in [6.45, 7) is 0.853. The number of rotatable bonds is 4. The monoisotopic (exact) mass is 178 g/mol. The molecule has 12 heavy (non-hydrogen) atoms. The summed E-state index contributed by atoms with van der Waals surface area (Å²) in [5.74, 6) is -4.65. The lowest BCUT2D eigenvalue weighted by molar-refractivity contribution is -0.307. The Labute approximate surface area is 68.4 Å². The number of hydrogen-bond donors (Lipinski definition) is 3. The maximum absolute atomic E-state index is 10.6. The van der Waals surface area contributed by atoms with Crippen LogP contribution in [0.3, 0.4) is 0 Å². The van der Waals surface area contributed by atoms with Crippen molar-refractivity contribution in [2.45, 2.75) is 25.7 Å². The summed E-state index contributed by atoms with van der Waals surface area (Å²) >= 11 is 0. The number of esters is 1. The van der Waals surface area contributed by atoms with Gasteiger partial charge in [0.25, 0.3) is 0 Å². The number of carbonyl (C=O) groups excluding carboxylic acids is 1. The molecule has 0 unspecified atom stereocenters. The second kappa shape index (κ2) is 4.03. The summed E-state index contributed by atoms with van der Waals surface area (Å²) in [7, 11) is 0. The minimum atomic E-state index is -2.53. The van der Waals surface area contributed by atoms with Crippen LogP contribution in [-0.4, -0.2) is 33.2 Å². The zero-order valence-electron chi connectivity index (χ0n) is 6.48. The van der Waals surface area contributed by atoms with Crippen molar-refractivity contribution in [2.24, 2.45) is 0 Å². The van der Waals surface area contributed by atoms with Gasteiger partial charge in [-0.3, -0.25) is 9.59 Å². The number of carboxylic acids is 1. The maximum Gasteiger partial charge on any atom is 0.321 e. The molecule has 0 bridgehead atoms. The standard InChI is InChI=1S/C6H10O6/c1-6(10,11)12-5(9)3-2-4(7)8/h10-11H,2-3H2,1H3,(H,7,8). The predicted octanol–water partition coefficient (Wildman–Crippen LogP) is -0.947. The molecule has 0 saturated heterocycles. The molecule has 0 spiro atoms. The number of carboxylic acid groups (broad SMARTS) is 1. The van der Waals surface area contributed by atoms with Gasteiger partial charge in [0.05, 0.1) is 12.8 Å². The minimum absolute atomic E-state index is 0.383. The van der Waals surface area contributed by atoms with Gasteiger partial charge in [-0.15, -0.1) is 0 Å². The first-order chi connectivity index (χ1) is 5.31. The Morgan fingerprint density at radius 2 is 1.83 bits per heavy atom. The van der Waals surface area contributed by atoms with E-state index in [1.807, 2.05) is 0 Å². The van der Waals surface area contributed by atoms with Gasteiger partial charge in [0.2, 0.25) is 0 Å². The maximum atomic E-state index is 10.6. The number of carbonyl (C=O) groups is 2. The topological polar surface area (TPSA) is 104 Å². The average molecular weight is 178 g/mol. The number of hydrogen-bond acceptors (Lipinski definition) is 5. The lowest BCUT2D eigenvalue weighted by Gasteiger charge is -2.15. The zero-order valence-corrected chi connectivity index (χ0v) is 6.48. The van der Waals surface area contributed by atoms with Crippen LogP contribution in [-0.2, 0) is 14.3 Å². The average Bonchev–Trinajstić information content (AvgIpc) is 1.79. The van der Waals surface area contributed by atoms with E-state index in [-0.39, 0.29) is 6.42 Å². The molecule has 0 rings (SSSR count). The molecule has 3 N–H and O–H groups in total. The van der Waals surface area contributed by atoms with Crippen molar-refractivity contribution in [3.63, 3.8) is 0 Å². The van der Waals surface area contributed by atoms with Crippen molar-refractivity contribution in [3.8, 4) is 0 Å². The van der Waals surface area contributed by atoms with E-state index in [2.05, 4.69) is 4.74 Å². The third kappa shape index (κ3) is 6.97. The normalized spacial score (nSPS) is 10.9. The molecule has 0 atom stereocenters. The number of aliphatic hydroxyl groups is 2. The van der Waals surface area contributed by atoms with Crippen LogP contribution in [0, 0.1) is 0 Å². The Balaban J connectivity index is 3.68. The smallest absolute Gasteiger partial charge is 0.321 e. The predicted molar refractivity (Wildman–Crippen MR) is 35.8 cm³/mol. The molecular weight excluding hydrogens is 168 g/mol. The van der Waals surface area contributed by atoms with Gasteiger partial charge in [-0.25, -0.2) is 0 Å². The van der Waals surface area contributed by atoms with Crippen LogP contribution in [0.15, 0.2) is 0 Å². The Morgan fingerprint density at radius 1 is 1.33 bits per heavy atom. The van der Waals surface area contributed by atoms with Crippen LogP contribution >= 0.6 is 0 Å². The van der Waals surface area contributed by atoms with Gasteiger partial charge in [-0.2, -0.15) is 0 Å². The molecule has 0 saturated carbocycles. The third-order valence-electron chi connectivity index (χ3n) is 0.850. The van der Waals surface area contributed by atoms with E-state index >= 15 is 0 Å². The van der Waals surface area contributed by atoms with Gasteiger partial charge in [0.1, 0.15) is 0 Å². The van der Waals surface area contributed by atoms with Crippen LogP contribution in [0.4, 0.5) is 0 Å². The fourth-order valence-electron chi connectivity index (χ4n) is 0.476. The summed E-state index contributed by atoms with van der Waals surface area (Å²) in [4.78, 5) is 20.5. The van der Waals surface area contributed by atoms with Crippen LogP contribution in [0.1, 0.15) is 19.8 Å². The summed E-state index contributed by atoms with van der Waals surface area (Å²) in [6.07, 6.45) is -0.777. The molecule has 0 aromatic heterocycles. The molecule has 0 aromatic rings. The molecule has 70 valence electrons. The van der Waals surface area contributed by atoms with Gasteiger partial charge >= 0.3 is 17.9 Å². The van der Waals surface area contributed by atoms with Crippen molar-refractivity contribution in [1.29, 1.82) is 0 Å². The quantitative estimate of drug-likeness (QED) is 0.379. The molecule has 6 heteroatoms. The minimum Gasteiger partial charge on any atom is -0.481 e. The van der Waals surface area contributed by atoms with Crippen LogP contribution in [0.2, 0.25) is 0 Å². The van der Waals surface area contributed by atoms with Gasteiger partial charge in [0, 0.05) is 6.92 Å². The molecule has 0 heterocycles. The second-order valence-corrected chi connectivity index (χ2v) is 2.30. The molecule has 6 nitrogen and oxygen atoms in total. The number of ether oxygens (including phenoxy) is 1. The fraction of sp³-hybridized carbons (Fsp3) is 0.667. The second-order valence-electron chi connectivity index (χ2n) is 2.30. The van der Waals surface area contributed by atoms with Crippen LogP contribution in [0.25, 0.3) is 0 Å². The van der Waals surface area contributed by atoms with Gasteiger partial charge in [-0.05, 0) is 0 Å². The fourth-order valence-corrected chi connectivity index (χ4v) is 0.476. The SMILES string of the molecule is CC(O)(O)OC(=O)CCC(=O)O. The largest absolute Gasteiger partial charge is 0.481 e. The molecule has 0 amide bonds. The van der Waals surface area contributed by atoms with Gasteiger partial charge < -0.3 is 20.1 Å². The highest BCUT2D eigenvalue weighted by atomic mass is 16.8. The first-order valence-corrected chi connectivity index (χ1v) is 3.19. The van der Waals surface area contributed by atoms with Gasteiger partial charge in [0.15, 0.2) is 0 Å². The zero-order chi connectivity index (χ0) is 9.78. The van der Waals surface area contributed by atoms with Crippen LogP contribution < -0.4 is 0 Å². The van der Waals surface area contributed by atoms with E-state index in [0.29, 0.717) is 0 Å². The summed E-state index contributed by atoms with van der Waals surface area (Å²) < 4.78 is 4.00. The Bertz CT molecular complexity index is 179. The van der Waals surface area contributed by atoms with E-state index in [9.17, 15) is 9.59 Å². The van der Waals surface area contributed by atoms with E-state index in [1.165, 1.54) is 0 Å². The van der Waals surface area contributed by atoms with E-state index in [1.54, 1.807) is 0 Å². The Morgan fingerprint density at radius 3 is 2.17 bits per heavy atom. The Kier molecular flexibility index (Phi) is 3.65. The first kappa shape index (κ1) is 10.9. The van der Waals surface area contributed by atoms with E-state index in [0.717, 1.165) is 6.92 Å². The molecule has 0 radical (unpaired) electrons. The molecule has 0 aliphatic carbocycles. The highest BCUT2D eigenvalue weighted by Gasteiger charge is 2.21. The highest BCUT2D eigenvalue weighted by Crippen LogP contribution is 2.03. The summed E-state index contributed by atoms with van der Waals surface area (Å²) in [5, 5.41) is 25.2. The first-order valence-electron chi connectivity index (χ1n) is 3.19. The molecule has 0 aliphatic heterocycles. The van der Waals surface area contributed by atoms with Crippen molar-refractivity contribution in [2.75, 3.05) is 0 Å². The van der Waals surface area contributed by atoms with E-state index < -0.39 is 24.3 Å². The molecule has 0 aliphatic rings. The van der Waals surface area contributed by atoms with Crippen molar-refractivity contribution >= 4 is 11.9 Å². The molecule has 0 aromatic carbocycles. The lowest BCUT2D eigenvalue weighted by Crippen LogP contribution is -2.30. The van der Waals surface area contributed by atoms with Crippen LogP contribution in [0.5, 0.6) is 0 Å². The van der Waals surface area contributed by atoms with Crippen molar-refractivity contribution in [3.05, 3.63) is 0 Å². The number of aliphatic carboxylic acids is 1. The Hall–Kier alpha value is -1.14. The highest BCUT2D eigenvalue weighted by molar-refractivity contribution is 5.76. The van der Waals surface area contributed by atoms with Gasteiger partial charge in [-0.1, -0.05) is 0 Å². The van der Waals surface area contributed by atoms with Crippen molar-refractivity contribution in [1.82, 2.24) is 0 Å². The third-order valence-corrected chi connectivity index (χ3v) is 0.850. The van der Waals surface area contributed by atoms with E-state index in [4.69, 9.17) is 15.3 Å². The molecular formula is C6H10O6. The lowest BCUT2D eigenvalue weighted by atomic mass is 10.3. The summed E-state index contributed by atoms with van der Waals surface area (Å²) in [5.41, 5.74) is 0.